The molecule has 2 aromatic carbocycles. The summed E-state index contributed by atoms with van der Waals surface area (Å²) in [5.74, 6) is -0.355. The quantitative estimate of drug-likeness (QED) is 0.539. The van der Waals surface area contributed by atoms with Crippen molar-refractivity contribution in [1.29, 1.82) is 0 Å². The van der Waals surface area contributed by atoms with E-state index >= 15 is 0 Å². The number of para-hydroxylation sites is 1. The van der Waals surface area contributed by atoms with Crippen LogP contribution in [0.2, 0.25) is 0 Å². The molecule has 0 atom stereocenters. The summed E-state index contributed by atoms with van der Waals surface area (Å²) in [6.07, 6.45) is 2.17. The molecule has 0 spiro atoms. The number of aryl methyl sites for hydroxylation is 1. The van der Waals surface area contributed by atoms with E-state index in [4.69, 9.17) is 4.74 Å². The van der Waals surface area contributed by atoms with E-state index in [1.807, 2.05) is 6.92 Å². The maximum absolute atomic E-state index is 12.8. The Hall–Kier alpha value is -2.91. The monoisotopic (exact) mass is 431 g/mol. The predicted octanol–water partition coefficient (Wildman–Crippen LogP) is 2.26. The van der Waals surface area contributed by atoms with Gasteiger partial charge in [-0.15, -0.1) is 0 Å². The SMILES string of the molecule is COc1cccc(/C=N\NC(=O)C2CCN(S(=O)(=O)c3ccc(C)cc3)CC2)c1O. The molecule has 1 aliphatic rings. The van der Waals surface area contributed by atoms with Gasteiger partial charge in [0.1, 0.15) is 0 Å². The van der Waals surface area contributed by atoms with E-state index in [2.05, 4.69) is 10.5 Å². The first-order valence-electron chi connectivity index (χ1n) is 9.58. The largest absolute Gasteiger partial charge is 0.504 e. The number of hydrazone groups is 1. The zero-order valence-electron chi connectivity index (χ0n) is 16.9. The van der Waals surface area contributed by atoms with Crippen LogP contribution in [0.5, 0.6) is 11.5 Å². The van der Waals surface area contributed by atoms with Crippen LogP contribution in [0, 0.1) is 12.8 Å². The molecule has 30 heavy (non-hydrogen) atoms. The first-order valence-corrected chi connectivity index (χ1v) is 11.0. The number of carbonyl (C=O) groups is 1. The first kappa shape index (κ1) is 21.8. The van der Waals surface area contributed by atoms with Crippen LogP contribution in [0.25, 0.3) is 0 Å². The summed E-state index contributed by atoms with van der Waals surface area (Å²) < 4.78 is 32.0. The Bertz CT molecular complexity index is 1030. The van der Waals surface area contributed by atoms with Crippen molar-refractivity contribution in [3.63, 3.8) is 0 Å². The van der Waals surface area contributed by atoms with Crippen molar-refractivity contribution in [3.05, 3.63) is 53.6 Å². The first-order chi connectivity index (χ1) is 14.3. The molecule has 0 bridgehead atoms. The van der Waals surface area contributed by atoms with E-state index in [1.165, 1.54) is 17.6 Å². The number of nitrogens with zero attached hydrogens (tertiary/aromatic N) is 2. The van der Waals surface area contributed by atoms with Crippen LogP contribution < -0.4 is 10.2 Å². The molecule has 2 aromatic rings. The van der Waals surface area contributed by atoms with Gasteiger partial charge in [-0.3, -0.25) is 4.79 Å². The lowest BCUT2D eigenvalue weighted by Gasteiger charge is -2.30. The van der Waals surface area contributed by atoms with Gasteiger partial charge in [-0.25, -0.2) is 13.8 Å². The second kappa shape index (κ2) is 9.27. The predicted molar refractivity (Wildman–Crippen MR) is 113 cm³/mol. The number of rotatable bonds is 6. The van der Waals surface area contributed by atoms with Crippen LogP contribution >= 0.6 is 0 Å². The number of sulfonamides is 1. The summed E-state index contributed by atoms with van der Waals surface area (Å²) in [4.78, 5) is 12.6. The molecule has 9 heteroatoms. The van der Waals surface area contributed by atoms with Gasteiger partial charge < -0.3 is 9.84 Å². The van der Waals surface area contributed by atoms with E-state index < -0.39 is 10.0 Å². The molecule has 0 radical (unpaired) electrons. The summed E-state index contributed by atoms with van der Waals surface area (Å²) >= 11 is 0. The van der Waals surface area contributed by atoms with Gasteiger partial charge in [-0.2, -0.15) is 9.41 Å². The number of ether oxygens (including phenoxy) is 1. The fourth-order valence-electron chi connectivity index (χ4n) is 3.28. The maximum atomic E-state index is 12.8. The minimum absolute atomic E-state index is 0.0624. The molecule has 1 amide bonds. The molecule has 8 nitrogen and oxygen atoms in total. The smallest absolute Gasteiger partial charge is 0.243 e. The van der Waals surface area contributed by atoms with E-state index in [1.54, 1.807) is 42.5 Å². The lowest BCUT2D eigenvalue weighted by atomic mass is 9.98. The molecular weight excluding hydrogens is 406 g/mol. The van der Waals surface area contributed by atoms with Crippen molar-refractivity contribution in [3.8, 4) is 11.5 Å². The van der Waals surface area contributed by atoms with E-state index in [-0.39, 0.29) is 35.6 Å². The topological polar surface area (TPSA) is 108 Å². The van der Waals surface area contributed by atoms with Gasteiger partial charge in [0.15, 0.2) is 11.5 Å². The fraction of sp³-hybridized carbons (Fsp3) is 0.333. The Morgan fingerprint density at radius 2 is 1.87 bits per heavy atom. The normalized spacial score (nSPS) is 15.9. The number of methoxy groups -OCH3 is 1. The molecule has 0 aliphatic carbocycles. The third-order valence-electron chi connectivity index (χ3n) is 5.11. The molecule has 1 fully saturated rings. The van der Waals surface area contributed by atoms with Crippen molar-refractivity contribution >= 4 is 22.1 Å². The molecule has 1 aliphatic heterocycles. The minimum Gasteiger partial charge on any atom is -0.504 e. The van der Waals surface area contributed by atoms with E-state index in [0.29, 0.717) is 24.2 Å². The third kappa shape index (κ3) is 4.80. The highest BCUT2D eigenvalue weighted by atomic mass is 32.2. The number of hydrogen-bond acceptors (Lipinski definition) is 6. The molecule has 3 rings (SSSR count). The highest BCUT2D eigenvalue weighted by Gasteiger charge is 2.32. The van der Waals surface area contributed by atoms with Crippen LogP contribution in [0.4, 0.5) is 0 Å². The zero-order chi connectivity index (χ0) is 21.7. The molecule has 0 unspecified atom stereocenters. The molecule has 1 heterocycles. The number of piperidine rings is 1. The summed E-state index contributed by atoms with van der Waals surface area (Å²) in [6, 6.07) is 11.7. The van der Waals surface area contributed by atoms with Crippen molar-refractivity contribution in [1.82, 2.24) is 9.73 Å². The number of phenols is 1. The van der Waals surface area contributed by atoms with Crippen LogP contribution in [-0.2, 0) is 14.8 Å². The Morgan fingerprint density at radius 1 is 1.20 bits per heavy atom. The van der Waals surface area contributed by atoms with Gasteiger partial charge >= 0.3 is 0 Å². The van der Waals surface area contributed by atoms with Gasteiger partial charge in [0.2, 0.25) is 15.9 Å². The van der Waals surface area contributed by atoms with Gasteiger partial charge in [0.05, 0.1) is 18.2 Å². The fourth-order valence-corrected chi connectivity index (χ4v) is 4.75. The summed E-state index contributed by atoms with van der Waals surface area (Å²) in [7, 11) is -2.11. The summed E-state index contributed by atoms with van der Waals surface area (Å²) in [5.41, 5.74) is 3.87. The standard InChI is InChI=1S/C21H25N3O5S/c1-15-6-8-18(9-7-15)30(27,28)24-12-10-16(11-13-24)21(26)23-22-14-17-4-3-5-19(29-2)20(17)25/h3-9,14,16,25H,10-13H2,1-2H3,(H,23,26)/b22-14-. The average molecular weight is 432 g/mol. The number of carbonyl (C=O) groups excluding carboxylic acids is 1. The van der Waals surface area contributed by atoms with E-state index in [9.17, 15) is 18.3 Å². The Morgan fingerprint density at radius 3 is 2.50 bits per heavy atom. The van der Waals surface area contributed by atoms with E-state index in [0.717, 1.165) is 5.56 Å². The van der Waals surface area contributed by atoms with Crippen LogP contribution in [0.3, 0.4) is 0 Å². The molecule has 160 valence electrons. The Labute approximate surface area is 176 Å². The van der Waals surface area contributed by atoms with Crippen molar-refractivity contribution in [2.75, 3.05) is 20.2 Å². The number of aromatic hydroxyl groups is 1. The molecule has 0 aromatic heterocycles. The van der Waals surface area contributed by atoms with Crippen molar-refractivity contribution in [2.45, 2.75) is 24.7 Å². The molecule has 0 saturated carbocycles. The van der Waals surface area contributed by atoms with Gasteiger partial charge in [0, 0.05) is 24.6 Å². The second-order valence-electron chi connectivity index (χ2n) is 7.12. The lowest BCUT2D eigenvalue weighted by molar-refractivity contribution is -0.126. The number of benzene rings is 2. The number of nitrogens with one attached hydrogen (secondary N) is 1. The van der Waals surface area contributed by atoms with Gasteiger partial charge in [0.25, 0.3) is 0 Å². The van der Waals surface area contributed by atoms with Gasteiger partial charge in [-0.05, 0) is 44.0 Å². The molecule has 1 saturated heterocycles. The van der Waals surface area contributed by atoms with Gasteiger partial charge in [-0.1, -0.05) is 23.8 Å². The minimum atomic E-state index is -3.56. The molecular formula is C21H25N3O5S. The van der Waals surface area contributed by atoms with Crippen LogP contribution in [0.15, 0.2) is 52.5 Å². The third-order valence-corrected chi connectivity index (χ3v) is 7.02. The van der Waals surface area contributed by atoms with Crippen LogP contribution in [0.1, 0.15) is 24.0 Å². The van der Waals surface area contributed by atoms with Crippen LogP contribution in [-0.4, -0.2) is 50.2 Å². The highest BCUT2D eigenvalue weighted by Crippen LogP contribution is 2.28. The zero-order valence-corrected chi connectivity index (χ0v) is 17.7. The van der Waals surface area contributed by atoms with Crippen molar-refractivity contribution in [2.24, 2.45) is 11.0 Å². The number of phenolic OH excluding ortho intramolecular Hbond substituents is 1. The highest BCUT2D eigenvalue weighted by molar-refractivity contribution is 7.89. The lowest BCUT2D eigenvalue weighted by Crippen LogP contribution is -2.42. The second-order valence-corrected chi connectivity index (χ2v) is 9.06. The van der Waals surface area contributed by atoms with Crippen molar-refractivity contribution < 1.29 is 23.1 Å². The summed E-state index contributed by atoms with van der Waals surface area (Å²) in [6.45, 7) is 2.45. The summed E-state index contributed by atoms with van der Waals surface area (Å²) in [5, 5.41) is 13.9. The Balaban J connectivity index is 1.56. The Kier molecular flexibility index (Phi) is 6.73. The number of amides is 1. The maximum Gasteiger partial charge on any atom is 0.243 e. The average Bonchev–Trinajstić information content (AvgIpc) is 2.75. The number of hydrogen-bond donors (Lipinski definition) is 2. The molecule has 2 N–H and O–H groups in total.